The summed E-state index contributed by atoms with van der Waals surface area (Å²) < 4.78 is 0. The fourth-order valence-electron chi connectivity index (χ4n) is 2.14. The highest BCUT2D eigenvalue weighted by atomic mass is 79.9. The van der Waals surface area contributed by atoms with Gasteiger partial charge in [-0.1, -0.05) is 66.6 Å². The van der Waals surface area contributed by atoms with E-state index in [1.807, 2.05) is 0 Å². The molecule has 0 aromatic rings. The van der Waals surface area contributed by atoms with Gasteiger partial charge in [0.25, 0.3) is 0 Å². The van der Waals surface area contributed by atoms with Crippen molar-refractivity contribution in [2.45, 2.75) is 77.0 Å². The van der Waals surface area contributed by atoms with E-state index in [2.05, 4.69) is 22.5 Å². The molecule has 0 atom stereocenters. The minimum atomic E-state index is 0.358. The zero-order valence-electron chi connectivity index (χ0n) is 11.9. The molecule has 0 aromatic heterocycles. The number of alkyl halides is 1. The van der Waals surface area contributed by atoms with Gasteiger partial charge in [0.15, 0.2) is 0 Å². The first kappa shape index (κ1) is 18.2. The topological polar surface area (TPSA) is 20.2 Å². The molecule has 0 saturated carbocycles. The third-order valence-corrected chi connectivity index (χ3v) is 3.91. The third kappa shape index (κ3) is 14.2. The summed E-state index contributed by atoms with van der Waals surface area (Å²) in [5, 5.41) is 9.78. The first-order valence-electron chi connectivity index (χ1n) is 7.64. The molecule has 0 heterocycles. The maximum absolute atomic E-state index is 8.66. The van der Waals surface area contributed by atoms with Gasteiger partial charge in [0.05, 0.1) is 0 Å². The second kappa shape index (κ2) is 15.2. The summed E-state index contributed by atoms with van der Waals surface area (Å²) in [6, 6.07) is 0. The molecule has 0 amide bonds. The number of unbranched alkanes of at least 4 members (excludes halogenated alkanes) is 8. The lowest BCUT2D eigenvalue weighted by Gasteiger charge is -2.05. The van der Waals surface area contributed by atoms with E-state index in [4.69, 9.17) is 5.11 Å². The average molecular weight is 319 g/mol. The molecule has 2 heteroatoms. The van der Waals surface area contributed by atoms with E-state index >= 15 is 0 Å². The second-order valence-corrected chi connectivity index (χ2v) is 5.99. The maximum Gasteiger partial charge on any atom is 0.0431 e. The Bertz CT molecular complexity index is 180. The fraction of sp³-hybridized carbons (Fsp3) is 0.875. The van der Waals surface area contributed by atoms with Crippen molar-refractivity contribution >= 4 is 15.9 Å². The molecule has 0 rings (SSSR count). The van der Waals surface area contributed by atoms with Gasteiger partial charge < -0.3 is 5.11 Å². The average Bonchev–Trinajstić information content (AvgIpc) is 2.37. The number of aliphatic hydroxyl groups excluding tert-OH is 1. The molecule has 0 unspecified atom stereocenters. The van der Waals surface area contributed by atoms with Gasteiger partial charge in [0, 0.05) is 11.9 Å². The predicted molar refractivity (Wildman–Crippen MR) is 85.4 cm³/mol. The molecule has 1 N–H and O–H groups in total. The molecule has 0 radical (unpaired) electrons. The molecule has 0 aliphatic carbocycles. The first-order chi connectivity index (χ1) is 8.81. The minimum absolute atomic E-state index is 0.358. The minimum Gasteiger partial charge on any atom is -0.396 e. The molecule has 0 fully saturated rings. The number of allylic oxidation sites excluding steroid dienone is 1. The highest BCUT2D eigenvalue weighted by molar-refractivity contribution is 9.09. The highest BCUT2D eigenvalue weighted by Crippen LogP contribution is 2.15. The van der Waals surface area contributed by atoms with E-state index in [1.165, 1.54) is 76.2 Å². The molecule has 0 aliphatic heterocycles. The van der Waals surface area contributed by atoms with Gasteiger partial charge in [-0.2, -0.15) is 0 Å². The number of hydrogen-bond acceptors (Lipinski definition) is 1. The quantitative estimate of drug-likeness (QED) is 0.251. The van der Waals surface area contributed by atoms with Crippen molar-refractivity contribution in [2.75, 3.05) is 11.9 Å². The van der Waals surface area contributed by atoms with Crippen LogP contribution >= 0.6 is 15.9 Å². The monoisotopic (exact) mass is 318 g/mol. The van der Waals surface area contributed by atoms with Gasteiger partial charge in [-0.3, -0.25) is 0 Å². The van der Waals surface area contributed by atoms with E-state index in [9.17, 15) is 0 Å². The Labute approximate surface area is 122 Å². The lowest BCUT2D eigenvalue weighted by atomic mass is 10.0. The summed E-state index contributed by atoms with van der Waals surface area (Å²) in [5.41, 5.74) is 1.44. The van der Waals surface area contributed by atoms with Crippen LogP contribution in [0.2, 0.25) is 0 Å². The van der Waals surface area contributed by atoms with Crippen molar-refractivity contribution < 1.29 is 5.11 Å². The van der Waals surface area contributed by atoms with Crippen LogP contribution in [0.5, 0.6) is 0 Å². The van der Waals surface area contributed by atoms with E-state index in [0.717, 1.165) is 11.8 Å². The Hall–Kier alpha value is 0.180. The lowest BCUT2D eigenvalue weighted by Crippen LogP contribution is -1.86. The standard InChI is InChI=1S/C16H31BrO/c1-16(13-9-10-14-17)12-8-6-4-2-3-5-7-11-15-18/h18H,1-15H2. The normalized spacial score (nSPS) is 10.8. The number of hydrogen-bond donors (Lipinski definition) is 1. The van der Waals surface area contributed by atoms with Crippen LogP contribution in [-0.2, 0) is 0 Å². The zero-order valence-corrected chi connectivity index (χ0v) is 13.5. The summed E-state index contributed by atoms with van der Waals surface area (Å²) in [4.78, 5) is 0. The molecule has 1 nitrogen and oxygen atoms in total. The molecule has 0 bridgehead atoms. The highest BCUT2D eigenvalue weighted by Gasteiger charge is 1.96. The van der Waals surface area contributed by atoms with Gasteiger partial charge in [-0.15, -0.1) is 0 Å². The van der Waals surface area contributed by atoms with Crippen LogP contribution in [0.1, 0.15) is 77.0 Å². The van der Waals surface area contributed by atoms with Gasteiger partial charge in [0.1, 0.15) is 0 Å². The fourth-order valence-corrected chi connectivity index (χ4v) is 2.54. The Balaban J connectivity index is 3.08. The summed E-state index contributed by atoms with van der Waals surface area (Å²) >= 11 is 3.46. The van der Waals surface area contributed by atoms with E-state index in [-0.39, 0.29) is 0 Å². The van der Waals surface area contributed by atoms with Crippen molar-refractivity contribution in [1.29, 1.82) is 0 Å². The summed E-state index contributed by atoms with van der Waals surface area (Å²) in [6.07, 6.45) is 15.2. The Kier molecular flexibility index (Phi) is 15.4. The van der Waals surface area contributed by atoms with Crippen LogP contribution in [0.3, 0.4) is 0 Å². The van der Waals surface area contributed by atoms with Gasteiger partial charge >= 0.3 is 0 Å². The van der Waals surface area contributed by atoms with Crippen LogP contribution in [0, 0.1) is 0 Å². The van der Waals surface area contributed by atoms with Crippen LogP contribution in [0.15, 0.2) is 12.2 Å². The molecule has 0 aliphatic rings. The van der Waals surface area contributed by atoms with Gasteiger partial charge in [0.2, 0.25) is 0 Å². The van der Waals surface area contributed by atoms with Gasteiger partial charge in [-0.25, -0.2) is 0 Å². The van der Waals surface area contributed by atoms with Gasteiger partial charge in [-0.05, 0) is 38.5 Å². The van der Waals surface area contributed by atoms with E-state index < -0.39 is 0 Å². The summed E-state index contributed by atoms with van der Waals surface area (Å²) in [7, 11) is 0. The number of rotatable bonds is 14. The molecule has 108 valence electrons. The van der Waals surface area contributed by atoms with Crippen LogP contribution in [-0.4, -0.2) is 17.0 Å². The second-order valence-electron chi connectivity index (χ2n) is 5.20. The first-order valence-corrected chi connectivity index (χ1v) is 8.77. The smallest absolute Gasteiger partial charge is 0.0431 e. The number of halogens is 1. The zero-order chi connectivity index (χ0) is 13.5. The largest absolute Gasteiger partial charge is 0.396 e. The number of aliphatic hydroxyl groups is 1. The Morgan fingerprint density at radius 1 is 0.722 bits per heavy atom. The Morgan fingerprint density at radius 2 is 1.17 bits per heavy atom. The van der Waals surface area contributed by atoms with Crippen molar-refractivity contribution in [3.05, 3.63) is 12.2 Å². The maximum atomic E-state index is 8.66. The van der Waals surface area contributed by atoms with Crippen LogP contribution in [0.25, 0.3) is 0 Å². The van der Waals surface area contributed by atoms with Crippen LogP contribution < -0.4 is 0 Å². The molecule has 0 aromatic carbocycles. The van der Waals surface area contributed by atoms with Crippen molar-refractivity contribution in [2.24, 2.45) is 0 Å². The molecule has 18 heavy (non-hydrogen) atoms. The van der Waals surface area contributed by atoms with Crippen molar-refractivity contribution in [3.8, 4) is 0 Å². The van der Waals surface area contributed by atoms with E-state index in [0.29, 0.717) is 6.61 Å². The third-order valence-electron chi connectivity index (χ3n) is 3.35. The summed E-state index contributed by atoms with van der Waals surface area (Å²) in [5.74, 6) is 0. The summed E-state index contributed by atoms with van der Waals surface area (Å²) in [6.45, 7) is 4.51. The van der Waals surface area contributed by atoms with Crippen molar-refractivity contribution in [3.63, 3.8) is 0 Å². The lowest BCUT2D eigenvalue weighted by molar-refractivity contribution is 0.282. The molecular formula is C16H31BrO. The molecule has 0 spiro atoms. The Morgan fingerprint density at radius 3 is 1.67 bits per heavy atom. The van der Waals surface area contributed by atoms with Crippen molar-refractivity contribution in [1.82, 2.24) is 0 Å². The van der Waals surface area contributed by atoms with E-state index in [1.54, 1.807) is 0 Å². The predicted octanol–water partition coefficient (Wildman–Crippen LogP) is 5.61. The molecular weight excluding hydrogens is 288 g/mol. The molecule has 0 saturated heterocycles. The SMILES string of the molecule is C=C(CCCCBr)CCCCCCCCCCO. The van der Waals surface area contributed by atoms with Crippen LogP contribution in [0.4, 0.5) is 0 Å².